The molecule has 0 aliphatic carbocycles. The van der Waals surface area contributed by atoms with E-state index in [2.05, 4.69) is 290 Å². The highest BCUT2D eigenvalue weighted by Crippen LogP contribution is 2.52. The summed E-state index contributed by atoms with van der Waals surface area (Å²) in [6.07, 6.45) is 0. The van der Waals surface area contributed by atoms with E-state index in [0.717, 1.165) is 61.9 Å². The van der Waals surface area contributed by atoms with E-state index >= 15 is 0 Å². The van der Waals surface area contributed by atoms with Gasteiger partial charge >= 0.3 is 0 Å². The first-order valence-electron chi connectivity index (χ1n) is 26.5. The Bertz CT molecular complexity index is 3140. The van der Waals surface area contributed by atoms with Crippen molar-refractivity contribution in [1.82, 2.24) is 0 Å². The maximum Gasteiger partial charge on any atom is 0.151 e. The van der Waals surface area contributed by atoms with Crippen molar-refractivity contribution in [3.63, 3.8) is 0 Å². The van der Waals surface area contributed by atoms with Gasteiger partial charge in [0.15, 0.2) is 11.5 Å². The van der Waals surface area contributed by atoms with Gasteiger partial charge in [0, 0.05) is 5.69 Å². The summed E-state index contributed by atoms with van der Waals surface area (Å²) < 4.78 is 6.75. The molecule has 0 N–H and O–H groups in total. The van der Waals surface area contributed by atoms with Crippen LogP contribution in [-0.2, 0) is 21.7 Å². The molecule has 2 heteroatoms. The van der Waals surface area contributed by atoms with Crippen molar-refractivity contribution in [2.75, 3.05) is 4.90 Å². The quantitative estimate of drug-likeness (QED) is 0.158. The van der Waals surface area contributed by atoms with Crippen LogP contribution in [0.25, 0.3) is 66.8 Å². The summed E-state index contributed by atoms with van der Waals surface area (Å²) in [5.41, 5.74) is 24.9. The minimum atomic E-state index is 0.0498. The lowest BCUT2D eigenvalue weighted by Gasteiger charge is -2.34. The van der Waals surface area contributed by atoms with Gasteiger partial charge in [-0.05, 0) is 215 Å². The topological polar surface area (TPSA) is 12.5 Å². The summed E-state index contributed by atoms with van der Waals surface area (Å²) in [5.74, 6) is 1.69. The number of benzene rings is 9. The van der Waals surface area contributed by atoms with Crippen LogP contribution in [0, 0.1) is 13.8 Å². The Morgan fingerprint density at radius 2 is 0.486 bits per heavy atom. The highest BCUT2D eigenvalue weighted by atomic mass is 16.5. The molecule has 1 heterocycles. The zero-order valence-corrected chi connectivity index (χ0v) is 46.3. The van der Waals surface area contributed by atoms with Crippen LogP contribution in [0.3, 0.4) is 0 Å². The maximum atomic E-state index is 6.75. The first-order valence-corrected chi connectivity index (χ1v) is 26.5. The Morgan fingerprint density at radius 3 is 0.730 bits per heavy atom. The van der Waals surface area contributed by atoms with Gasteiger partial charge in [-0.2, -0.15) is 0 Å². The van der Waals surface area contributed by atoms with Crippen molar-refractivity contribution in [2.45, 2.75) is 119 Å². The predicted octanol–water partition coefficient (Wildman–Crippen LogP) is 21.1. The normalized spacial score (nSPS) is 12.8. The van der Waals surface area contributed by atoms with Crippen LogP contribution >= 0.6 is 0 Å². The van der Waals surface area contributed by atoms with Crippen LogP contribution in [-0.4, -0.2) is 0 Å². The number of anilines is 3. The van der Waals surface area contributed by atoms with Gasteiger partial charge in [-0.3, -0.25) is 0 Å². The van der Waals surface area contributed by atoms with Crippen molar-refractivity contribution in [2.24, 2.45) is 0 Å². The third-order valence-corrected chi connectivity index (χ3v) is 15.0. The molecule has 0 saturated heterocycles. The SMILES string of the molecule is Cc1ccc2c(c1)Oc1cc(C)ccc1N2c1cc(-c2cc(-c3ccc(C(C)(C)C)cc3)cc(-c3ccc(C(C)(C)C)cc3)c2)cc(-c2cc(-c3ccc(C(C)(C)C)cc3)cc(-c3ccc(C(C)(C)C)cc3)c2)c1. The molecule has 74 heavy (non-hydrogen) atoms. The van der Waals surface area contributed by atoms with Gasteiger partial charge in [0.2, 0.25) is 0 Å². The summed E-state index contributed by atoms with van der Waals surface area (Å²) >= 11 is 0. The molecule has 1 aliphatic heterocycles. The molecule has 0 radical (unpaired) electrons. The van der Waals surface area contributed by atoms with E-state index in [-0.39, 0.29) is 21.7 Å². The molecule has 372 valence electrons. The number of nitrogens with zero attached hydrogens (tertiary/aromatic N) is 1. The van der Waals surface area contributed by atoms with E-state index in [4.69, 9.17) is 4.74 Å². The Hall–Kier alpha value is -7.42. The second-order valence-electron chi connectivity index (χ2n) is 25.1. The number of aryl methyl sites for hydroxylation is 2. The monoisotopic (exact) mass is 968 g/mol. The third kappa shape index (κ3) is 10.4. The number of hydrogen-bond acceptors (Lipinski definition) is 2. The van der Waals surface area contributed by atoms with Crippen molar-refractivity contribution in [1.29, 1.82) is 0 Å². The molecule has 9 aromatic rings. The largest absolute Gasteiger partial charge is 0.453 e. The smallest absolute Gasteiger partial charge is 0.151 e. The molecule has 10 rings (SSSR count). The molecular weight excluding hydrogens is 895 g/mol. The lowest BCUT2D eigenvalue weighted by atomic mass is 9.84. The van der Waals surface area contributed by atoms with Gasteiger partial charge in [0.25, 0.3) is 0 Å². The van der Waals surface area contributed by atoms with Crippen molar-refractivity contribution >= 4 is 17.1 Å². The standard InChI is InChI=1S/C72H73NO/c1-46-15-33-65-67(35-46)74-68-36-47(2)16-34-66(68)73(65)64-44-58(56-39-52(48-17-25-60(26-18-48)69(3,4)5)37-53(40-56)49-19-27-61(28-20-49)70(6,7)8)43-59(45-64)57-41-54(50-21-29-62(30-22-50)71(9,10)11)38-55(42-57)51-23-31-63(32-24-51)72(12,13)14/h15-45H,1-14H3. The fraction of sp³-hybridized carbons (Fsp3) is 0.250. The van der Waals surface area contributed by atoms with Crippen LogP contribution in [0.15, 0.2) is 188 Å². The highest BCUT2D eigenvalue weighted by Gasteiger charge is 2.28. The van der Waals surface area contributed by atoms with E-state index in [1.165, 1.54) is 66.8 Å². The van der Waals surface area contributed by atoms with Gasteiger partial charge in [0.1, 0.15) is 0 Å². The maximum absolute atomic E-state index is 6.75. The molecule has 0 bridgehead atoms. The van der Waals surface area contributed by atoms with Gasteiger partial charge in [0.05, 0.1) is 11.4 Å². The summed E-state index contributed by atoms with van der Waals surface area (Å²) in [6, 6.07) is 71.4. The fourth-order valence-corrected chi connectivity index (χ4v) is 10.3. The molecule has 9 aromatic carbocycles. The molecule has 0 amide bonds. The zero-order chi connectivity index (χ0) is 52.5. The van der Waals surface area contributed by atoms with Crippen LogP contribution in [0.2, 0.25) is 0 Å². The minimum absolute atomic E-state index is 0.0498. The van der Waals surface area contributed by atoms with E-state index in [1.807, 2.05) is 0 Å². The van der Waals surface area contributed by atoms with Crippen LogP contribution in [0.1, 0.15) is 116 Å². The Labute approximate surface area is 442 Å². The average molecular weight is 968 g/mol. The summed E-state index contributed by atoms with van der Waals surface area (Å²) in [7, 11) is 0. The minimum Gasteiger partial charge on any atom is -0.453 e. The van der Waals surface area contributed by atoms with Gasteiger partial charge < -0.3 is 9.64 Å². The molecular formula is C72H73NO. The Balaban J connectivity index is 1.24. The number of ether oxygens (including phenoxy) is 1. The summed E-state index contributed by atoms with van der Waals surface area (Å²) in [6.45, 7) is 31.6. The molecule has 2 nitrogen and oxygen atoms in total. The van der Waals surface area contributed by atoms with Gasteiger partial charge in [-0.25, -0.2) is 0 Å². The summed E-state index contributed by atoms with van der Waals surface area (Å²) in [4.78, 5) is 2.41. The molecule has 0 spiro atoms. The second kappa shape index (κ2) is 18.8. The highest BCUT2D eigenvalue weighted by molar-refractivity contribution is 5.93. The van der Waals surface area contributed by atoms with E-state index in [1.54, 1.807) is 0 Å². The van der Waals surface area contributed by atoms with Crippen LogP contribution in [0.5, 0.6) is 11.5 Å². The second-order valence-corrected chi connectivity index (χ2v) is 25.1. The zero-order valence-electron chi connectivity index (χ0n) is 46.3. The van der Waals surface area contributed by atoms with E-state index in [9.17, 15) is 0 Å². The molecule has 0 atom stereocenters. The lowest BCUT2D eigenvalue weighted by Crippen LogP contribution is -2.16. The van der Waals surface area contributed by atoms with E-state index in [0.29, 0.717) is 0 Å². The molecule has 0 fully saturated rings. The number of rotatable bonds is 7. The Morgan fingerprint density at radius 1 is 0.257 bits per heavy atom. The van der Waals surface area contributed by atoms with E-state index < -0.39 is 0 Å². The summed E-state index contributed by atoms with van der Waals surface area (Å²) in [5, 5.41) is 0. The molecule has 0 saturated carbocycles. The van der Waals surface area contributed by atoms with Gasteiger partial charge in [-0.15, -0.1) is 0 Å². The van der Waals surface area contributed by atoms with Crippen LogP contribution < -0.4 is 9.64 Å². The van der Waals surface area contributed by atoms with Crippen LogP contribution in [0.4, 0.5) is 17.1 Å². The molecule has 0 unspecified atom stereocenters. The fourth-order valence-electron chi connectivity index (χ4n) is 10.3. The number of hydrogen-bond donors (Lipinski definition) is 0. The third-order valence-electron chi connectivity index (χ3n) is 15.0. The predicted molar refractivity (Wildman–Crippen MR) is 318 cm³/mol. The molecule has 0 aromatic heterocycles. The van der Waals surface area contributed by atoms with Crippen molar-refractivity contribution in [3.05, 3.63) is 221 Å². The van der Waals surface area contributed by atoms with Crippen molar-refractivity contribution in [3.8, 4) is 78.3 Å². The first kappa shape index (κ1) is 50.1. The van der Waals surface area contributed by atoms with Crippen molar-refractivity contribution < 1.29 is 4.74 Å². The van der Waals surface area contributed by atoms with Gasteiger partial charge in [-0.1, -0.05) is 192 Å². The average Bonchev–Trinajstić information content (AvgIpc) is 3.36. The number of fused-ring (bicyclic) bond motifs is 2. The lowest BCUT2D eigenvalue weighted by molar-refractivity contribution is 0.476. The first-order chi connectivity index (χ1) is 34.9. The molecule has 1 aliphatic rings. The Kier molecular flexibility index (Phi) is 12.7.